The summed E-state index contributed by atoms with van der Waals surface area (Å²) in [5.74, 6) is 0.173. The van der Waals surface area contributed by atoms with Crippen molar-refractivity contribution in [1.82, 2.24) is 10.2 Å². The molecule has 2 aliphatic rings. The van der Waals surface area contributed by atoms with Crippen molar-refractivity contribution in [3.8, 4) is 0 Å². The van der Waals surface area contributed by atoms with Crippen molar-refractivity contribution in [2.45, 2.75) is 31.3 Å². The molecule has 2 saturated heterocycles. The van der Waals surface area contributed by atoms with E-state index in [0.717, 1.165) is 38.2 Å². The van der Waals surface area contributed by atoms with Gasteiger partial charge < -0.3 is 20.9 Å². The lowest BCUT2D eigenvalue weighted by atomic mass is 9.85. The molecular formula is C16H24N4O. The second-order valence-electron chi connectivity index (χ2n) is 6.24. The zero-order valence-electron chi connectivity index (χ0n) is 12.6. The standard InChI is InChI=1S/C16H24N4O/c1-13(17)11-19-9-7-16(8-10-19)15(21)18-12-20(16)14-5-3-2-4-6-14/h2-6,13H,7-12,17H2,1H3,(H,18,21)/t13-/m0/s1. The minimum Gasteiger partial charge on any atom is -0.339 e. The summed E-state index contributed by atoms with van der Waals surface area (Å²) >= 11 is 0. The van der Waals surface area contributed by atoms with Crippen LogP contribution in [0.2, 0.25) is 0 Å². The van der Waals surface area contributed by atoms with E-state index in [2.05, 4.69) is 27.2 Å². The number of carbonyl (C=O) groups is 1. The lowest BCUT2D eigenvalue weighted by Gasteiger charge is -2.43. The van der Waals surface area contributed by atoms with Gasteiger partial charge in [0, 0.05) is 31.4 Å². The van der Waals surface area contributed by atoms with Crippen molar-refractivity contribution >= 4 is 11.6 Å². The molecule has 2 aliphatic heterocycles. The van der Waals surface area contributed by atoms with Gasteiger partial charge in [-0.2, -0.15) is 0 Å². The third kappa shape index (κ3) is 2.63. The zero-order valence-corrected chi connectivity index (χ0v) is 12.6. The minimum absolute atomic E-state index is 0.173. The van der Waals surface area contributed by atoms with Gasteiger partial charge in [0.2, 0.25) is 5.91 Å². The molecule has 1 amide bonds. The van der Waals surface area contributed by atoms with Gasteiger partial charge in [0.1, 0.15) is 5.54 Å². The number of nitrogens with one attached hydrogen (secondary N) is 1. The number of benzene rings is 1. The highest BCUT2D eigenvalue weighted by Crippen LogP contribution is 2.35. The summed E-state index contributed by atoms with van der Waals surface area (Å²) in [6.07, 6.45) is 1.72. The molecule has 1 spiro atoms. The summed E-state index contributed by atoms with van der Waals surface area (Å²) < 4.78 is 0. The fraction of sp³-hybridized carbons (Fsp3) is 0.562. The average Bonchev–Trinajstić information content (AvgIpc) is 2.79. The second kappa shape index (κ2) is 5.66. The van der Waals surface area contributed by atoms with Crippen LogP contribution in [0, 0.1) is 0 Å². The summed E-state index contributed by atoms with van der Waals surface area (Å²) in [6, 6.07) is 10.4. The maximum atomic E-state index is 12.5. The molecule has 3 rings (SSSR count). The minimum atomic E-state index is -0.379. The molecule has 3 N–H and O–H groups in total. The first-order valence-corrected chi connectivity index (χ1v) is 7.71. The number of hydrogen-bond acceptors (Lipinski definition) is 4. The van der Waals surface area contributed by atoms with Crippen molar-refractivity contribution in [1.29, 1.82) is 0 Å². The van der Waals surface area contributed by atoms with Gasteiger partial charge in [-0.05, 0) is 31.9 Å². The molecule has 5 nitrogen and oxygen atoms in total. The average molecular weight is 288 g/mol. The third-order valence-electron chi connectivity index (χ3n) is 4.63. The van der Waals surface area contributed by atoms with E-state index >= 15 is 0 Å². The summed E-state index contributed by atoms with van der Waals surface area (Å²) in [5, 5.41) is 3.03. The lowest BCUT2D eigenvalue weighted by molar-refractivity contribution is -0.125. The van der Waals surface area contributed by atoms with E-state index < -0.39 is 0 Å². The summed E-state index contributed by atoms with van der Waals surface area (Å²) in [7, 11) is 0. The Hall–Kier alpha value is -1.59. The van der Waals surface area contributed by atoms with Crippen molar-refractivity contribution in [2.24, 2.45) is 5.73 Å². The van der Waals surface area contributed by atoms with Gasteiger partial charge in [-0.25, -0.2) is 0 Å². The number of carbonyl (C=O) groups excluding carboxylic acids is 1. The van der Waals surface area contributed by atoms with Crippen molar-refractivity contribution < 1.29 is 4.79 Å². The Morgan fingerprint density at radius 1 is 1.29 bits per heavy atom. The fourth-order valence-corrected chi connectivity index (χ4v) is 3.55. The first-order chi connectivity index (χ1) is 10.1. The molecule has 1 atom stereocenters. The highest BCUT2D eigenvalue weighted by Gasteiger charge is 2.50. The molecule has 114 valence electrons. The molecule has 21 heavy (non-hydrogen) atoms. The van der Waals surface area contributed by atoms with Crippen LogP contribution in [-0.2, 0) is 4.79 Å². The molecule has 0 radical (unpaired) electrons. The van der Waals surface area contributed by atoms with E-state index in [1.807, 2.05) is 25.1 Å². The molecule has 0 bridgehead atoms. The van der Waals surface area contributed by atoms with Crippen LogP contribution >= 0.6 is 0 Å². The van der Waals surface area contributed by atoms with E-state index in [-0.39, 0.29) is 17.5 Å². The SMILES string of the molecule is C[C@H](N)CN1CCC2(CC1)C(=O)NCN2c1ccccc1. The maximum Gasteiger partial charge on any atom is 0.247 e. The van der Waals surface area contributed by atoms with Crippen LogP contribution in [0.3, 0.4) is 0 Å². The van der Waals surface area contributed by atoms with E-state index in [1.165, 1.54) is 0 Å². The maximum absolute atomic E-state index is 12.5. The molecule has 0 saturated carbocycles. The number of piperidine rings is 1. The van der Waals surface area contributed by atoms with Crippen molar-refractivity contribution in [3.05, 3.63) is 30.3 Å². The van der Waals surface area contributed by atoms with Crippen molar-refractivity contribution in [2.75, 3.05) is 31.2 Å². The Kier molecular flexibility index (Phi) is 3.87. The number of likely N-dealkylation sites (tertiary alicyclic amines) is 1. The van der Waals surface area contributed by atoms with E-state index in [9.17, 15) is 4.79 Å². The van der Waals surface area contributed by atoms with Gasteiger partial charge in [0.15, 0.2) is 0 Å². The lowest BCUT2D eigenvalue weighted by Crippen LogP contribution is -2.57. The molecule has 2 heterocycles. The molecule has 1 aromatic rings. The van der Waals surface area contributed by atoms with Gasteiger partial charge in [-0.15, -0.1) is 0 Å². The van der Waals surface area contributed by atoms with Crippen LogP contribution in [0.15, 0.2) is 30.3 Å². The normalized spacial score (nSPS) is 23.3. The molecule has 1 aromatic carbocycles. The highest BCUT2D eigenvalue weighted by molar-refractivity contribution is 5.93. The van der Waals surface area contributed by atoms with Crippen LogP contribution < -0.4 is 16.0 Å². The molecule has 0 aliphatic carbocycles. The zero-order chi connectivity index (χ0) is 14.9. The largest absolute Gasteiger partial charge is 0.339 e. The van der Waals surface area contributed by atoms with Gasteiger partial charge in [-0.1, -0.05) is 18.2 Å². The topological polar surface area (TPSA) is 61.6 Å². The van der Waals surface area contributed by atoms with Gasteiger partial charge in [-0.3, -0.25) is 4.79 Å². The van der Waals surface area contributed by atoms with Crippen LogP contribution in [0.1, 0.15) is 19.8 Å². The summed E-state index contributed by atoms with van der Waals surface area (Å²) in [6.45, 7) is 5.40. The molecule has 2 fully saturated rings. The Morgan fingerprint density at radius 2 is 1.95 bits per heavy atom. The van der Waals surface area contributed by atoms with Gasteiger partial charge in [0.25, 0.3) is 0 Å². The summed E-state index contributed by atoms with van der Waals surface area (Å²) in [4.78, 5) is 17.1. The second-order valence-corrected chi connectivity index (χ2v) is 6.24. The predicted molar refractivity (Wildman–Crippen MR) is 84.0 cm³/mol. The van der Waals surface area contributed by atoms with Crippen LogP contribution in [0.25, 0.3) is 0 Å². The summed E-state index contributed by atoms with van der Waals surface area (Å²) in [5.41, 5.74) is 6.62. The Balaban J connectivity index is 1.77. The number of amides is 1. The van der Waals surface area contributed by atoms with E-state index in [4.69, 9.17) is 5.73 Å². The molecule has 0 aromatic heterocycles. The highest BCUT2D eigenvalue weighted by atomic mass is 16.2. The quantitative estimate of drug-likeness (QED) is 0.862. The van der Waals surface area contributed by atoms with Crippen LogP contribution in [-0.4, -0.2) is 48.7 Å². The first kappa shape index (κ1) is 14.4. The number of rotatable bonds is 3. The van der Waals surface area contributed by atoms with Crippen molar-refractivity contribution in [3.63, 3.8) is 0 Å². The molecule has 0 unspecified atom stereocenters. The first-order valence-electron chi connectivity index (χ1n) is 7.71. The fourth-order valence-electron chi connectivity index (χ4n) is 3.55. The Labute approximate surface area is 126 Å². The molecular weight excluding hydrogens is 264 g/mol. The number of hydrogen-bond donors (Lipinski definition) is 2. The van der Waals surface area contributed by atoms with E-state index in [1.54, 1.807) is 0 Å². The number of para-hydroxylation sites is 1. The Bertz CT molecular complexity index is 494. The van der Waals surface area contributed by atoms with Crippen LogP contribution in [0.5, 0.6) is 0 Å². The number of nitrogens with two attached hydrogens (primary N) is 1. The number of nitrogens with zero attached hydrogens (tertiary/aromatic N) is 2. The molecule has 5 heteroatoms. The predicted octanol–water partition coefficient (Wildman–Crippen LogP) is 0.762. The number of anilines is 1. The third-order valence-corrected chi connectivity index (χ3v) is 4.63. The van der Waals surface area contributed by atoms with Gasteiger partial charge >= 0.3 is 0 Å². The van der Waals surface area contributed by atoms with Crippen LogP contribution in [0.4, 0.5) is 5.69 Å². The monoisotopic (exact) mass is 288 g/mol. The smallest absolute Gasteiger partial charge is 0.247 e. The van der Waals surface area contributed by atoms with Gasteiger partial charge in [0.05, 0.1) is 6.67 Å². The van der Waals surface area contributed by atoms with E-state index in [0.29, 0.717) is 6.67 Å². The Morgan fingerprint density at radius 3 is 2.57 bits per heavy atom.